The summed E-state index contributed by atoms with van der Waals surface area (Å²) in [5.74, 6) is -1.59. The van der Waals surface area contributed by atoms with Crippen molar-refractivity contribution in [2.24, 2.45) is 0 Å². The number of carbonyl (C=O) groups is 4. The lowest BCUT2D eigenvalue weighted by atomic mass is 9.91. The summed E-state index contributed by atoms with van der Waals surface area (Å²) in [4.78, 5) is 80.2. The number of ether oxygens (including phenoxy) is 4. The molecule has 0 amide bonds. The molecular formula is C96H102N4O8. The highest BCUT2D eigenvalue weighted by Gasteiger charge is 2.32. The number of H-pyrrole nitrogens is 2. The van der Waals surface area contributed by atoms with Gasteiger partial charge in [-0.1, -0.05) is 228 Å². The second-order valence-corrected chi connectivity index (χ2v) is 29.1. The molecule has 554 valence electrons. The van der Waals surface area contributed by atoms with E-state index in [1.165, 1.54) is 0 Å². The van der Waals surface area contributed by atoms with Crippen LogP contribution in [0.3, 0.4) is 0 Å². The van der Waals surface area contributed by atoms with Crippen LogP contribution in [-0.4, -0.2) is 70.2 Å². The lowest BCUT2D eigenvalue weighted by Gasteiger charge is -2.13. The maximum atomic E-state index is 14.8. The lowest BCUT2D eigenvalue weighted by molar-refractivity contribution is 0.0490. The molecule has 0 spiro atoms. The van der Waals surface area contributed by atoms with Gasteiger partial charge in [0.15, 0.2) is 0 Å². The normalized spacial score (nSPS) is 11.6. The molecule has 12 nitrogen and oxygen atoms in total. The van der Waals surface area contributed by atoms with Crippen molar-refractivity contribution in [3.8, 4) is 89.5 Å². The number of nitrogens with one attached hydrogen (secondary N) is 2. The molecule has 0 atom stereocenters. The van der Waals surface area contributed by atoms with Gasteiger partial charge in [0.05, 0.1) is 93.5 Å². The molecule has 2 aromatic heterocycles. The van der Waals surface area contributed by atoms with Crippen LogP contribution in [-0.2, 0) is 44.6 Å². The molecule has 10 aromatic rings. The van der Waals surface area contributed by atoms with E-state index in [-0.39, 0.29) is 26.4 Å². The largest absolute Gasteiger partial charge is 0.462 e. The molecule has 12 heteroatoms. The van der Waals surface area contributed by atoms with Crippen molar-refractivity contribution in [2.45, 2.75) is 184 Å². The summed E-state index contributed by atoms with van der Waals surface area (Å²) in [6, 6.07) is 58.7. The number of nitrogens with zero attached hydrogens (tertiary/aromatic N) is 2. The first-order valence-electron chi connectivity index (χ1n) is 40.0. The Balaban J connectivity index is 1.33. The molecule has 0 radical (unpaired) electrons. The SMILES string of the molecule is CCCCOC(=O)c1cc(CCCC)cc(-c2c3nc(c(-c4cc(CCCC)cc(C(=O)OCCCC)c4)c4[nH]c(c(-c5cc(CCCC)cc(C(=O)OCCCC)c5)c5nc(c(-c6cc(CCCC)cc(C(=O)OCCCC)c6)c6[nH]c2c2ccccc62)-c2ccccc2-5)c2ccccc42)-c2ccccc2-3)c1. The van der Waals surface area contributed by atoms with Gasteiger partial charge < -0.3 is 28.9 Å². The third kappa shape index (κ3) is 16.1. The topological polar surface area (TPSA) is 163 Å². The summed E-state index contributed by atoms with van der Waals surface area (Å²) in [7, 11) is 0. The molecule has 13 rings (SSSR count). The number of benzene rings is 8. The fourth-order valence-electron chi connectivity index (χ4n) is 15.3. The van der Waals surface area contributed by atoms with Crippen LogP contribution in [0.4, 0.5) is 0 Å². The van der Waals surface area contributed by atoms with Gasteiger partial charge in [0.1, 0.15) is 0 Å². The van der Waals surface area contributed by atoms with Crippen LogP contribution < -0.4 is 0 Å². The maximum Gasteiger partial charge on any atom is 0.338 e. The Labute approximate surface area is 636 Å². The second kappa shape index (κ2) is 35.3. The zero-order valence-electron chi connectivity index (χ0n) is 64.3. The highest BCUT2D eigenvalue weighted by Crippen LogP contribution is 2.53. The molecule has 2 aliphatic heterocycles. The average molecular weight is 1440 g/mol. The summed E-state index contributed by atoms with van der Waals surface area (Å²) < 4.78 is 24.6. The number of esters is 4. The van der Waals surface area contributed by atoms with Crippen LogP contribution in [0.5, 0.6) is 0 Å². The van der Waals surface area contributed by atoms with E-state index < -0.39 is 23.9 Å². The maximum absolute atomic E-state index is 14.8. The third-order valence-electron chi connectivity index (χ3n) is 21.0. The number of aromatic amines is 2. The highest BCUT2D eigenvalue weighted by atomic mass is 16.5. The van der Waals surface area contributed by atoms with Gasteiger partial charge in [0.2, 0.25) is 0 Å². The van der Waals surface area contributed by atoms with Gasteiger partial charge in [-0.15, -0.1) is 0 Å². The smallest absolute Gasteiger partial charge is 0.338 e. The standard InChI is InChI=1S/C96H102N4O8/c1-9-17-33-61-49-65(57-69(53-61)93(101)105-45-21-13-5)81-85-73-37-25-27-39-75(73)87(97-85)82(66-50-62(34-18-10-2)54-70(58-66)94(102)106-46-22-14-6)89-77-41-29-31-43-79(77)91(99-89)84(68-52-64(36-20-12-4)56-72(60-68)96(104)108-48-24-16-8)92-80-44-32-30-42-78(80)90(100-92)83(88-76-40-28-26-38-74(76)86(81)98-88)67-51-63(35-19-11-3)55-71(59-67)95(103)107-47-23-15-7/h25-32,37-44,49-60,97,100H,9-24,33-36,45-48H2,1-8H3. The number of hydrogen-bond acceptors (Lipinski definition) is 10. The van der Waals surface area contributed by atoms with Crippen molar-refractivity contribution in [3.05, 3.63) is 214 Å². The molecule has 8 aromatic carbocycles. The minimum atomic E-state index is -0.397. The summed E-state index contributed by atoms with van der Waals surface area (Å²) in [6.45, 7) is 18.3. The lowest BCUT2D eigenvalue weighted by Crippen LogP contribution is -2.07. The van der Waals surface area contributed by atoms with Crippen LogP contribution in [0.25, 0.3) is 133 Å². The van der Waals surface area contributed by atoms with Gasteiger partial charge in [0.25, 0.3) is 0 Å². The van der Waals surface area contributed by atoms with Crippen molar-refractivity contribution in [1.29, 1.82) is 0 Å². The van der Waals surface area contributed by atoms with Crippen molar-refractivity contribution in [2.75, 3.05) is 26.4 Å². The number of unbranched alkanes of at least 4 members (excludes halogenated alkanes) is 8. The van der Waals surface area contributed by atoms with E-state index in [1.54, 1.807) is 0 Å². The Morgan fingerprint density at radius 1 is 0.278 bits per heavy atom. The van der Waals surface area contributed by atoms with E-state index in [0.29, 0.717) is 70.7 Å². The fraction of sp³-hybridized carbons (Fsp3) is 0.333. The minimum Gasteiger partial charge on any atom is -0.462 e. The fourth-order valence-corrected chi connectivity index (χ4v) is 15.3. The van der Waals surface area contributed by atoms with Gasteiger partial charge in [-0.2, -0.15) is 0 Å². The van der Waals surface area contributed by atoms with Crippen molar-refractivity contribution in [3.63, 3.8) is 0 Å². The van der Waals surface area contributed by atoms with Gasteiger partial charge in [-0.25, -0.2) is 29.1 Å². The van der Waals surface area contributed by atoms with E-state index >= 15 is 0 Å². The van der Waals surface area contributed by atoms with Crippen LogP contribution in [0.1, 0.15) is 222 Å². The van der Waals surface area contributed by atoms with E-state index in [1.807, 2.05) is 48.5 Å². The Bertz CT molecular complexity index is 4700. The quantitative estimate of drug-likeness (QED) is 0.0236. The molecule has 0 saturated carbocycles. The number of aromatic nitrogens is 4. The number of hydrogen-bond donors (Lipinski definition) is 2. The zero-order valence-corrected chi connectivity index (χ0v) is 64.3. The van der Waals surface area contributed by atoms with Crippen LogP contribution in [0.15, 0.2) is 170 Å². The van der Waals surface area contributed by atoms with Crippen LogP contribution >= 0.6 is 0 Å². The summed E-state index contributed by atoms with van der Waals surface area (Å²) in [5, 5.41) is 3.54. The monoisotopic (exact) mass is 1440 g/mol. The molecule has 108 heavy (non-hydrogen) atoms. The molecule has 0 saturated heterocycles. The second-order valence-electron chi connectivity index (χ2n) is 29.1. The molecule has 1 aliphatic carbocycles. The summed E-state index contributed by atoms with van der Waals surface area (Å²) in [5.41, 5.74) is 20.8. The highest BCUT2D eigenvalue weighted by molar-refractivity contribution is 6.22. The number of rotatable bonds is 32. The molecule has 3 aliphatic rings. The van der Waals surface area contributed by atoms with E-state index in [9.17, 15) is 19.2 Å². The summed E-state index contributed by atoms with van der Waals surface area (Å²) >= 11 is 0. The Morgan fingerprint density at radius 3 is 0.704 bits per heavy atom. The molecule has 4 heterocycles. The first-order valence-corrected chi connectivity index (χ1v) is 40.0. The first kappa shape index (κ1) is 75.5. The predicted octanol–water partition coefficient (Wildman–Crippen LogP) is 25.2. The van der Waals surface area contributed by atoms with E-state index in [0.717, 1.165) is 235 Å². The minimum absolute atomic E-state index is 0.289. The van der Waals surface area contributed by atoms with Crippen LogP contribution in [0, 0.1) is 0 Å². The number of aryl methyl sites for hydroxylation is 4. The van der Waals surface area contributed by atoms with Gasteiger partial charge >= 0.3 is 23.9 Å². The number of carbonyl (C=O) groups excluding carboxylic acids is 4. The Morgan fingerprint density at radius 2 is 0.491 bits per heavy atom. The Hall–Kier alpha value is -10.7. The Kier molecular flexibility index (Phi) is 24.7. The van der Waals surface area contributed by atoms with Crippen molar-refractivity contribution in [1.82, 2.24) is 19.9 Å². The van der Waals surface area contributed by atoms with Crippen LogP contribution in [0.2, 0.25) is 0 Å². The van der Waals surface area contributed by atoms with Crippen molar-refractivity contribution >= 4 is 67.5 Å². The van der Waals surface area contributed by atoms with E-state index in [2.05, 4.69) is 187 Å². The molecule has 2 N–H and O–H groups in total. The predicted molar refractivity (Wildman–Crippen MR) is 442 cm³/mol. The molecule has 0 fully saturated rings. The third-order valence-corrected chi connectivity index (χ3v) is 21.0. The summed E-state index contributed by atoms with van der Waals surface area (Å²) in [6.07, 6.45) is 16.5. The van der Waals surface area contributed by atoms with Gasteiger partial charge in [-0.3, -0.25) is 0 Å². The van der Waals surface area contributed by atoms with Gasteiger partial charge in [0, 0.05) is 66.1 Å². The van der Waals surface area contributed by atoms with Crippen molar-refractivity contribution < 1.29 is 38.1 Å². The first-order chi connectivity index (χ1) is 52.9. The molecule has 8 bridgehead atoms. The average Bonchev–Trinajstić information content (AvgIpc) is 1.56. The molecular weight excluding hydrogens is 1340 g/mol. The van der Waals surface area contributed by atoms with E-state index in [4.69, 9.17) is 28.9 Å². The zero-order chi connectivity index (χ0) is 75.2. The van der Waals surface area contributed by atoms with Gasteiger partial charge in [-0.05, 0) is 170 Å². The molecule has 0 unspecified atom stereocenters.